The average Bonchev–Trinajstić information content (AvgIpc) is 2.62. The van der Waals surface area contributed by atoms with Gasteiger partial charge in [-0.15, -0.1) is 0 Å². The van der Waals surface area contributed by atoms with Crippen molar-refractivity contribution in [2.24, 2.45) is 5.92 Å². The van der Waals surface area contributed by atoms with Gasteiger partial charge < -0.3 is 10.1 Å². The number of amides is 1. The number of esters is 1. The van der Waals surface area contributed by atoms with E-state index in [1.54, 1.807) is 54.6 Å². The molecule has 0 radical (unpaired) electrons. The van der Waals surface area contributed by atoms with Crippen LogP contribution in [0.1, 0.15) is 28.9 Å². The molecular formula is C19H19NO4. The van der Waals surface area contributed by atoms with Gasteiger partial charge in [-0.3, -0.25) is 14.4 Å². The smallest absolute Gasteiger partial charge is 0.318 e. The Kier molecular flexibility index (Phi) is 5.84. The van der Waals surface area contributed by atoms with Gasteiger partial charge in [0.2, 0.25) is 0 Å². The lowest BCUT2D eigenvalue weighted by Crippen LogP contribution is -2.40. The van der Waals surface area contributed by atoms with Gasteiger partial charge in [0.05, 0.1) is 13.2 Å². The van der Waals surface area contributed by atoms with Crippen molar-refractivity contribution in [3.63, 3.8) is 0 Å². The van der Waals surface area contributed by atoms with E-state index < -0.39 is 17.9 Å². The Labute approximate surface area is 140 Å². The fourth-order valence-corrected chi connectivity index (χ4v) is 2.50. The molecule has 2 rings (SSSR count). The van der Waals surface area contributed by atoms with Gasteiger partial charge in [0.25, 0.3) is 5.91 Å². The number of ketones is 1. The largest absolute Gasteiger partial charge is 0.468 e. The molecule has 5 heteroatoms. The number of benzene rings is 2. The first kappa shape index (κ1) is 17.4. The Bertz CT molecular complexity index is 713. The average molecular weight is 325 g/mol. The lowest BCUT2D eigenvalue weighted by atomic mass is 9.89. The zero-order valence-corrected chi connectivity index (χ0v) is 13.6. The minimum Gasteiger partial charge on any atom is -0.468 e. The molecule has 0 saturated heterocycles. The number of hydrogen-bond donors (Lipinski definition) is 1. The Balaban J connectivity index is 2.38. The molecule has 0 aromatic heterocycles. The van der Waals surface area contributed by atoms with E-state index in [2.05, 4.69) is 5.32 Å². The number of nitrogens with one attached hydrogen (secondary N) is 1. The van der Waals surface area contributed by atoms with Gasteiger partial charge >= 0.3 is 5.97 Å². The van der Waals surface area contributed by atoms with Gasteiger partial charge in [0.15, 0.2) is 0 Å². The summed E-state index contributed by atoms with van der Waals surface area (Å²) in [6, 6.07) is 16.7. The Morgan fingerprint density at radius 3 is 1.96 bits per heavy atom. The minimum atomic E-state index is -1.11. The lowest BCUT2D eigenvalue weighted by molar-refractivity contribution is -0.150. The van der Waals surface area contributed by atoms with Crippen LogP contribution >= 0.6 is 0 Å². The predicted octanol–water partition coefficient (Wildman–Crippen LogP) is 2.54. The zero-order valence-electron chi connectivity index (χ0n) is 13.6. The summed E-state index contributed by atoms with van der Waals surface area (Å²) >= 11 is 0. The third-order valence-electron chi connectivity index (χ3n) is 3.71. The number of carbonyl (C=O) groups is 3. The molecule has 5 nitrogen and oxygen atoms in total. The molecule has 0 aliphatic rings. The summed E-state index contributed by atoms with van der Waals surface area (Å²) < 4.78 is 4.75. The van der Waals surface area contributed by atoms with Crippen LogP contribution in [0.2, 0.25) is 0 Å². The van der Waals surface area contributed by atoms with Crippen LogP contribution < -0.4 is 5.32 Å². The quantitative estimate of drug-likeness (QED) is 0.654. The summed E-state index contributed by atoms with van der Waals surface area (Å²) in [6.07, 6.45) is 0. The van der Waals surface area contributed by atoms with Crippen molar-refractivity contribution in [2.75, 3.05) is 7.11 Å². The van der Waals surface area contributed by atoms with Crippen LogP contribution in [0.4, 0.5) is 0 Å². The van der Waals surface area contributed by atoms with Gasteiger partial charge in [-0.1, -0.05) is 48.5 Å². The second-order valence-electron chi connectivity index (χ2n) is 5.34. The third-order valence-corrected chi connectivity index (χ3v) is 3.71. The molecule has 0 fully saturated rings. The van der Waals surface area contributed by atoms with Crippen molar-refractivity contribution in [3.05, 3.63) is 71.8 Å². The molecule has 0 unspecified atom stereocenters. The van der Waals surface area contributed by atoms with Crippen molar-refractivity contribution in [3.8, 4) is 0 Å². The second kappa shape index (κ2) is 8.06. The van der Waals surface area contributed by atoms with E-state index in [1.807, 2.05) is 6.07 Å². The Morgan fingerprint density at radius 2 is 1.46 bits per heavy atom. The third kappa shape index (κ3) is 4.07. The van der Waals surface area contributed by atoms with Crippen LogP contribution in [-0.2, 0) is 14.3 Å². The summed E-state index contributed by atoms with van der Waals surface area (Å²) in [5.41, 5.74) is 1.11. The highest BCUT2D eigenvalue weighted by Crippen LogP contribution is 2.25. The Hall–Kier alpha value is -2.95. The normalized spacial score (nSPS) is 12.8. The van der Waals surface area contributed by atoms with Crippen LogP contribution in [0.3, 0.4) is 0 Å². The lowest BCUT2D eigenvalue weighted by Gasteiger charge is -2.25. The number of Topliss-reactive ketones (excluding diaryl/α,β-unsaturated/α-hetero) is 1. The van der Waals surface area contributed by atoms with E-state index in [0.29, 0.717) is 11.1 Å². The van der Waals surface area contributed by atoms with E-state index in [4.69, 9.17) is 4.74 Å². The maximum atomic E-state index is 12.5. The van der Waals surface area contributed by atoms with Crippen molar-refractivity contribution >= 4 is 17.7 Å². The fraction of sp³-hybridized carbons (Fsp3) is 0.211. The monoisotopic (exact) mass is 325 g/mol. The van der Waals surface area contributed by atoms with Gasteiger partial charge in [-0.25, -0.2) is 0 Å². The first-order valence-corrected chi connectivity index (χ1v) is 7.53. The SMILES string of the molecule is COC(=O)[C@@H](C(C)=O)[C@H](NC(=O)c1ccccc1)c1ccccc1. The molecule has 0 saturated carbocycles. The maximum absolute atomic E-state index is 12.5. The van der Waals surface area contributed by atoms with Crippen LogP contribution in [-0.4, -0.2) is 24.8 Å². The number of carbonyl (C=O) groups excluding carboxylic acids is 3. The number of ether oxygens (including phenoxy) is 1. The highest BCUT2D eigenvalue weighted by molar-refractivity contribution is 6.00. The van der Waals surface area contributed by atoms with Crippen LogP contribution in [0.5, 0.6) is 0 Å². The van der Waals surface area contributed by atoms with Gasteiger partial charge in [0, 0.05) is 5.56 Å². The summed E-state index contributed by atoms with van der Waals surface area (Å²) in [4.78, 5) is 36.6. The van der Waals surface area contributed by atoms with E-state index in [1.165, 1.54) is 14.0 Å². The number of rotatable bonds is 6. The number of hydrogen-bond acceptors (Lipinski definition) is 4. The predicted molar refractivity (Wildman–Crippen MR) is 89.3 cm³/mol. The molecule has 1 N–H and O–H groups in total. The first-order valence-electron chi connectivity index (χ1n) is 7.53. The van der Waals surface area contributed by atoms with Crippen molar-refractivity contribution < 1.29 is 19.1 Å². The molecule has 2 aromatic carbocycles. The minimum absolute atomic E-state index is 0.361. The Morgan fingerprint density at radius 1 is 0.917 bits per heavy atom. The highest BCUT2D eigenvalue weighted by atomic mass is 16.5. The van der Waals surface area contributed by atoms with Crippen molar-refractivity contribution in [1.29, 1.82) is 0 Å². The van der Waals surface area contributed by atoms with Crippen molar-refractivity contribution in [2.45, 2.75) is 13.0 Å². The summed E-state index contributed by atoms with van der Waals surface area (Å²) in [5, 5.41) is 2.79. The summed E-state index contributed by atoms with van der Waals surface area (Å²) in [7, 11) is 1.22. The zero-order chi connectivity index (χ0) is 17.5. The molecule has 0 aliphatic heterocycles. The van der Waals surface area contributed by atoms with Crippen LogP contribution in [0.25, 0.3) is 0 Å². The molecule has 0 aliphatic carbocycles. The molecule has 2 atom stereocenters. The fourth-order valence-electron chi connectivity index (χ4n) is 2.50. The molecule has 0 bridgehead atoms. The van der Waals surface area contributed by atoms with E-state index >= 15 is 0 Å². The molecule has 1 amide bonds. The first-order chi connectivity index (χ1) is 11.5. The molecular weight excluding hydrogens is 306 g/mol. The van der Waals surface area contributed by atoms with Gasteiger partial charge in [-0.2, -0.15) is 0 Å². The van der Waals surface area contributed by atoms with E-state index in [-0.39, 0.29) is 11.7 Å². The standard InChI is InChI=1S/C19H19NO4/c1-13(21)16(19(23)24-2)17(14-9-5-3-6-10-14)20-18(22)15-11-7-4-8-12-15/h3-12,16-17H,1-2H3,(H,20,22)/t16-,17+/m0/s1. The molecule has 0 spiro atoms. The number of methoxy groups -OCH3 is 1. The second-order valence-corrected chi connectivity index (χ2v) is 5.34. The topological polar surface area (TPSA) is 72.5 Å². The summed E-state index contributed by atoms with van der Waals surface area (Å²) in [5.74, 6) is -2.52. The summed E-state index contributed by atoms with van der Waals surface area (Å²) in [6.45, 7) is 1.31. The van der Waals surface area contributed by atoms with Gasteiger partial charge in [-0.05, 0) is 24.6 Å². The van der Waals surface area contributed by atoms with Crippen molar-refractivity contribution in [1.82, 2.24) is 5.32 Å². The molecule has 2 aromatic rings. The maximum Gasteiger partial charge on any atom is 0.318 e. The van der Waals surface area contributed by atoms with E-state index in [9.17, 15) is 14.4 Å². The highest BCUT2D eigenvalue weighted by Gasteiger charge is 2.35. The molecule has 0 heterocycles. The van der Waals surface area contributed by atoms with Crippen LogP contribution in [0.15, 0.2) is 60.7 Å². The van der Waals surface area contributed by atoms with E-state index in [0.717, 1.165) is 0 Å². The molecule has 24 heavy (non-hydrogen) atoms. The van der Waals surface area contributed by atoms with Crippen LogP contribution in [0, 0.1) is 5.92 Å². The molecule has 124 valence electrons. The van der Waals surface area contributed by atoms with Gasteiger partial charge in [0.1, 0.15) is 11.7 Å².